The molecule has 0 aliphatic carbocycles. The predicted molar refractivity (Wildman–Crippen MR) is 78.0 cm³/mol. The van der Waals surface area contributed by atoms with E-state index in [9.17, 15) is 9.18 Å². The second-order valence-electron chi connectivity index (χ2n) is 5.15. The quantitative estimate of drug-likeness (QED) is 0.900. The number of nitrogens with zero attached hydrogens (tertiary/aromatic N) is 1. The number of carbonyl (C=O) groups is 1. The molecule has 3 rings (SSSR count). The standard InChI is InChI=1S/C14H17FN2O.C2H6/c15-11-3-1-10(2-4-11)7-14(18)17-12-5-6-13(17)9-16-8-12;1-2/h1-4,12-13,16H,5-9H2;1-2H3. The van der Waals surface area contributed by atoms with Gasteiger partial charge in [-0.25, -0.2) is 4.39 Å². The van der Waals surface area contributed by atoms with Gasteiger partial charge in [0.2, 0.25) is 5.91 Å². The average molecular weight is 278 g/mol. The van der Waals surface area contributed by atoms with Crippen LogP contribution < -0.4 is 5.32 Å². The van der Waals surface area contributed by atoms with E-state index in [0.717, 1.165) is 31.5 Å². The Morgan fingerprint density at radius 1 is 1.20 bits per heavy atom. The van der Waals surface area contributed by atoms with Gasteiger partial charge in [-0.15, -0.1) is 0 Å². The summed E-state index contributed by atoms with van der Waals surface area (Å²) in [5, 5.41) is 3.36. The zero-order chi connectivity index (χ0) is 14.5. The maximum absolute atomic E-state index is 12.8. The number of hydrogen-bond acceptors (Lipinski definition) is 2. The number of fused-ring (bicyclic) bond motifs is 2. The largest absolute Gasteiger partial charge is 0.334 e. The van der Waals surface area contributed by atoms with Gasteiger partial charge in [-0.2, -0.15) is 0 Å². The molecular formula is C16H23FN2O. The van der Waals surface area contributed by atoms with Crippen LogP contribution in [0.2, 0.25) is 0 Å². The van der Waals surface area contributed by atoms with E-state index >= 15 is 0 Å². The van der Waals surface area contributed by atoms with Crippen molar-refractivity contribution < 1.29 is 9.18 Å². The fourth-order valence-corrected chi connectivity index (χ4v) is 3.05. The van der Waals surface area contributed by atoms with Gasteiger partial charge in [-0.1, -0.05) is 26.0 Å². The maximum atomic E-state index is 12.8. The van der Waals surface area contributed by atoms with Gasteiger partial charge in [0.25, 0.3) is 0 Å². The van der Waals surface area contributed by atoms with Gasteiger partial charge >= 0.3 is 0 Å². The monoisotopic (exact) mass is 278 g/mol. The van der Waals surface area contributed by atoms with Crippen molar-refractivity contribution in [3.8, 4) is 0 Å². The third-order valence-corrected chi connectivity index (χ3v) is 3.94. The van der Waals surface area contributed by atoms with E-state index in [-0.39, 0.29) is 11.7 Å². The van der Waals surface area contributed by atoms with Crippen molar-refractivity contribution in [2.45, 2.75) is 45.2 Å². The van der Waals surface area contributed by atoms with E-state index in [1.165, 1.54) is 12.1 Å². The molecular weight excluding hydrogens is 255 g/mol. The van der Waals surface area contributed by atoms with Crippen LogP contribution in [0.15, 0.2) is 24.3 Å². The molecule has 0 saturated carbocycles. The van der Waals surface area contributed by atoms with Crippen LogP contribution in [0, 0.1) is 5.82 Å². The lowest BCUT2D eigenvalue weighted by molar-refractivity contribution is -0.134. The molecule has 2 heterocycles. The highest BCUT2D eigenvalue weighted by molar-refractivity contribution is 5.80. The van der Waals surface area contributed by atoms with E-state index in [1.54, 1.807) is 12.1 Å². The minimum absolute atomic E-state index is 0.176. The molecule has 2 saturated heterocycles. The summed E-state index contributed by atoms with van der Waals surface area (Å²) < 4.78 is 12.8. The van der Waals surface area contributed by atoms with Gasteiger partial charge in [0.05, 0.1) is 6.42 Å². The minimum Gasteiger partial charge on any atom is -0.334 e. The molecule has 2 atom stereocenters. The van der Waals surface area contributed by atoms with Crippen molar-refractivity contribution in [3.63, 3.8) is 0 Å². The zero-order valence-electron chi connectivity index (χ0n) is 12.2. The molecule has 2 aliphatic heterocycles. The first-order valence-corrected chi connectivity index (χ1v) is 7.50. The van der Waals surface area contributed by atoms with E-state index in [2.05, 4.69) is 5.32 Å². The third kappa shape index (κ3) is 3.18. The molecule has 2 unspecified atom stereocenters. The Bertz CT molecular complexity index is 430. The molecule has 1 amide bonds. The Morgan fingerprint density at radius 3 is 2.30 bits per heavy atom. The van der Waals surface area contributed by atoms with Crippen LogP contribution in [0.25, 0.3) is 0 Å². The second kappa shape index (κ2) is 6.84. The number of rotatable bonds is 2. The molecule has 110 valence electrons. The van der Waals surface area contributed by atoms with Crippen molar-refractivity contribution in [2.24, 2.45) is 0 Å². The molecule has 20 heavy (non-hydrogen) atoms. The predicted octanol–water partition coefficient (Wildman–Crippen LogP) is 2.36. The molecule has 1 N–H and O–H groups in total. The average Bonchev–Trinajstić information content (AvgIpc) is 2.73. The highest BCUT2D eigenvalue weighted by Gasteiger charge is 2.38. The van der Waals surface area contributed by atoms with Crippen LogP contribution in [0.4, 0.5) is 4.39 Å². The van der Waals surface area contributed by atoms with E-state index in [4.69, 9.17) is 0 Å². The number of nitrogens with one attached hydrogen (secondary N) is 1. The summed E-state index contributed by atoms with van der Waals surface area (Å²) in [6.07, 6.45) is 2.59. The molecule has 0 radical (unpaired) electrons. The summed E-state index contributed by atoms with van der Waals surface area (Å²) in [5.74, 6) is -0.0796. The van der Waals surface area contributed by atoms with Gasteiger partial charge < -0.3 is 10.2 Å². The van der Waals surface area contributed by atoms with Crippen LogP contribution in [0.1, 0.15) is 32.3 Å². The van der Waals surface area contributed by atoms with Crippen molar-refractivity contribution in [1.82, 2.24) is 10.2 Å². The molecule has 1 aromatic carbocycles. The lowest BCUT2D eigenvalue weighted by Gasteiger charge is -2.35. The normalized spacial score (nSPS) is 24.1. The van der Waals surface area contributed by atoms with Gasteiger partial charge in [0.1, 0.15) is 5.82 Å². The van der Waals surface area contributed by atoms with Crippen LogP contribution in [-0.2, 0) is 11.2 Å². The molecule has 2 fully saturated rings. The summed E-state index contributed by atoms with van der Waals surface area (Å²) in [6.45, 7) is 5.82. The number of carbonyl (C=O) groups excluding carboxylic acids is 1. The van der Waals surface area contributed by atoms with Crippen molar-refractivity contribution in [3.05, 3.63) is 35.6 Å². The van der Waals surface area contributed by atoms with Crippen molar-refractivity contribution in [1.29, 1.82) is 0 Å². The van der Waals surface area contributed by atoms with Gasteiger partial charge in [-0.3, -0.25) is 4.79 Å². The Morgan fingerprint density at radius 2 is 1.75 bits per heavy atom. The fraction of sp³-hybridized carbons (Fsp3) is 0.562. The van der Waals surface area contributed by atoms with Gasteiger partial charge in [0.15, 0.2) is 0 Å². The summed E-state index contributed by atoms with van der Waals surface area (Å²) >= 11 is 0. The van der Waals surface area contributed by atoms with Crippen LogP contribution in [0.5, 0.6) is 0 Å². The summed E-state index contributed by atoms with van der Waals surface area (Å²) in [7, 11) is 0. The second-order valence-corrected chi connectivity index (χ2v) is 5.15. The first-order chi connectivity index (χ1) is 9.74. The van der Waals surface area contributed by atoms with E-state index in [0.29, 0.717) is 18.5 Å². The number of halogens is 1. The first-order valence-electron chi connectivity index (χ1n) is 7.50. The van der Waals surface area contributed by atoms with Crippen molar-refractivity contribution >= 4 is 5.91 Å². The Labute approximate surface area is 120 Å². The molecule has 2 aliphatic rings. The Balaban J connectivity index is 0.000000704. The SMILES string of the molecule is CC.O=C(Cc1ccc(F)cc1)N1C2CCC1CNC2. The Kier molecular flexibility index (Phi) is 5.12. The number of benzene rings is 1. The lowest BCUT2D eigenvalue weighted by Crippen LogP contribution is -2.54. The summed E-state index contributed by atoms with van der Waals surface area (Å²) in [5.41, 5.74) is 0.888. The van der Waals surface area contributed by atoms with E-state index < -0.39 is 0 Å². The van der Waals surface area contributed by atoms with Gasteiger partial charge in [-0.05, 0) is 30.5 Å². The number of piperazine rings is 1. The molecule has 0 aromatic heterocycles. The molecule has 4 heteroatoms. The summed E-state index contributed by atoms with van der Waals surface area (Å²) in [4.78, 5) is 14.4. The maximum Gasteiger partial charge on any atom is 0.227 e. The molecule has 3 nitrogen and oxygen atoms in total. The number of hydrogen-bond donors (Lipinski definition) is 1. The summed E-state index contributed by atoms with van der Waals surface area (Å²) in [6, 6.07) is 6.92. The van der Waals surface area contributed by atoms with Crippen molar-refractivity contribution in [2.75, 3.05) is 13.1 Å². The first kappa shape index (κ1) is 15.0. The van der Waals surface area contributed by atoms with Crippen LogP contribution in [-0.4, -0.2) is 36.0 Å². The third-order valence-electron chi connectivity index (χ3n) is 3.94. The molecule has 2 bridgehead atoms. The highest BCUT2D eigenvalue weighted by atomic mass is 19.1. The zero-order valence-corrected chi connectivity index (χ0v) is 12.2. The molecule has 0 spiro atoms. The highest BCUT2D eigenvalue weighted by Crippen LogP contribution is 2.27. The van der Waals surface area contributed by atoms with Crippen LogP contribution >= 0.6 is 0 Å². The smallest absolute Gasteiger partial charge is 0.227 e. The van der Waals surface area contributed by atoms with E-state index in [1.807, 2.05) is 18.7 Å². The Hall–Kier alpha value is -1.42. The van der Waals surface area contributed by atoms with Gasteiger partial charge in [0, 0.05) is 25.2 Å². The topological polar surface area (TPSA) is 32.3 Å². The number of amides is 1. The molecule has 1 aromatic rings. The minimum atomic E-state index is -0.256. The lowest BCUT2D eigenvalue weighted by atomic mass is 10.1. The fourth-order valence-electron chi connectivity index (χ4n) is 3.05. The van der Waals surface area contributed by atoms with Crippen LogP contribution in [0.3, 0.4) is 0 Å².